The zero-order valence-electron chi connectivity index (χ0n) is 11.7. The summed E-state index contributed by atoms with van der Waals surface area (Å²) in [7, 11) is 0. The van der Waals surface area contributed by atoms with E-state index in [1.165, 1.54) is 12.8 Å². The van der Waals surface area contributed by atoms with Gasteiger partial charge in [0, 0.05) is 19.1 Å². The van der Waals surface area contributed by atoms with Crippen LogP contribution in [0.2, 0.25) is 10.0 Å². The predicted molar refractivity (Wildman–Crippen MR) is 83.6 cm³/mol. The second-order valence-corrected chi connectivity index (χ2v) is 6.25. The molecule has 0 saturated heterocycles. The second kappa shape index (κ2) is 6.19. The minimum atomic E-state index is 0.580. The van der Waals surface area contributed by atoms with Crippen molar-refractivity contribution in [1.29, 1.82) is 0 Å². The van der Waals surface area contributed by atoms with Gasteiger partial charge in [0.1, 0.15) is 11.6 Å². The fourth-order valence-electron chi connectivity index (χ4n) is 2.14. The zero-order valence-corrected chi connectivity index (χ0v) is 13.2. The summed E-state index contributed by atoms with van der Waals surface area (Å²) in [6.07, 6.45) is 2.45. The van der Waals surface area contributed by atoms with Crippen LogP contribution in [0.25, 0.3) is 0 Å². The monoisotopic (exact) mass is 301 g/mol. The highest BCUT2D eigenvalue weighted by Crippen LogP contribution is 2.37. The first-order chi connectivity index (χ1) is 9.02. The smallest absolute Gasteiger partial charge is 0.150 e. The number of hydrogen-bond donors (Lipinski definition) is 1. The van der Waals surface area contributed by atoms with Crippen LogP contribution in [0.15, 0.2) is 6.07 Å². The molecule has 1 aliphatic rings. The van der Waals surface area contributed by atoms with Crippen molar-refractivity contribution in [3.8, 4) is 0 Å². The van der Waals surface area contributed by atoms with Crippen LogP contribution in [-0.2, 0) is 0 Å². The molecule has 0 unspecified atom stereocenters. The first-order valence-electron chi connectivity index (χ1n) is 6.89. The third kappa shape index (κ3) is 3.67. The lowest BCUT2D eigenvalue weighted by molar-refractivity contribution is 0.603. The van der Waals surface area contributed by atoms with Crippen LogP contribution < -0.4 is 10.2 Å². The summed E-state index contributed by atoms with van der Waals surface area (Å²) in [4.78, 5) is 6.95. The molecule has 0 radical (unpaired) electrons. The summed E-state index contributed by atoms with van der Waals surface area (Å²) in [6, 6.07) is 2.38. The first-order valence-corrected chi connectivity index (χ1v) is 7.65. The Hall–Kier alpha value is -0.670. The van der Waals surface area contributed by atoms with E-state index in [0.717, 1.165) is 24.7 Å². The molecule has 3 nitrogen and oxygen atoms in total. The fraction of sp³-hybridized carbons (Fsp3) is 0.643. The molecule has 1 aliphatic carbocycles. The number of pyridine rings is 1. The molecule has 1 aromatic rings. The lowest BCUT2D eigenvalue weighted by Crippen LogP contribution is -2.31. The maximum Gasteiger partial charge on any atom is 0.150 e. The zero-order chi connectivity index (χ0) is 14.0. The molecule has 1 N–H and O–H groups in total. The SMILES string of the molecule is CCNc1nc(N(CC(C)C)C2CC2)c(Cl)cc1Cl. The quantitative estimate of drug-likeness (QED) is 0.841. The summed E-state index contributed by atoms with van der Waals surface area (Å²) in [5.74, 6) is 2.16. The van der Waals surface area contributed by atoms with E-state index in [9.17, 15) is 0 Å². The molecular formula is C14H21Cl2N3. The molecule has 1 saturated carbocycles. The van der Waals surface area contributed by atoms with Crippen LogP contribution in [0.3, 0.4) is 0 Å². The molecule has 0 spiro atoms. The van der Waals surface area contributed by atoms with E-state index in [1.807, 2.05) is 6.92 Å². The molecule has 0 bridgehead atoms. The Morgan fingerprint density at radius 2 is 2.05 bits per heavy atom. The number of hydrogen-bond acceptors (Lipinski definition) is 3. The van der Waals surface area contributed by atoms with Crippen LogP contribution in [-0.4, -0.2) is 24.1 Å². The molecule has 1 heterocycles. The van der Waals surface area contributed by atoms with E-state index in [4.69, 9.17) is 23.2 Å². The number of nitrogens with zero attached hydrogens (tertiary/aromatic N) is 2. The number of nitrogens with one attached hydrogen (secondary N) is 1. The molecule has 106 valence electrons. The van der Waals surface area contributed by atoms with Crippen molar-refractivity contribution in [3.05, 3.63) is 16.1 Å². The maximum absolute atomic E-state index is 6.34. The van der Waals surface area contributed by atoms with Crippen LogP contribution in [0.4, 0.5) is 11.6 Å². The standard InChI is InChI=1S/C14H21Cl2N3/c1-4-17-13-11(15)7-12(16)14(18-13)19(8-9(2)3)10-5-6-10/h7,9-10H,4-6,8H2,1-3H3,(H,17,18). The Morgan fingerprint density at radius 1 is 1.37 bits per heavy atom. The van der Waals surface area contributed by atoms with Crippen molar-refractivity contribution in [3.63, 3.8) is 0 Å². The minimum Gasteiger partial charge on any atom is -0.369 e. The summed E-state index contributed by atoms with van der Waals surface area (Å²) in [5.41, 5.74) is 0. The van der Waals surface area contributed by atoms with E-state index in [2.05, 4.69) is 29.0 Å². The number of halogens is 2. The Labute approximate surface area is 125 Å². The van der Waals surface area contributed by atoms with Gasteiger partial charge in [0.15, 0.2) is 0 Å². The van der Waals surface area contributed by atoms with Crippen molar-refractivity contribution in [2.45, 2.75) is 39.7 Å². The largest absolute Gasteiger partial charge is 0.369 e. The van der Waals surface area contributed by atoms with Gasteiger partial charge < -0.3 is 10.2 Å². The van der Waals surface area contributed by atoms with Gasteiger partial charge in [0.25, 0.3) is 0 Å². The summed E-state index contributed by atoms with van der Waals surface area (Å²) in [6.45, 7) is 8.22. The van der Waals surface area contributed by atoms with E-state index in [1.54, 1.807) is 6.07 Å². The Balaban J connectivity index is 2.32. The molecule has 0 atom stereocenters. The second-order valence-electron chi connectivity index (χ2n) is 5.43. The number of aromatic nitrogens is 1. The van der Waals surface area contributed by atoms with Gasteiger partial charge in [0.05, 0.1) is 10.0 Å². The van der Waals surface area contributed by atoms with Gasteiger partial charge in [0.2, 0.25) is 0 Å². The van der Waals surface area contributed by atoms with Crippen LogP contribution in [0.5, 0.6) is 0 Å². The van der Waals surface area contributed by atoms with Crippen molar-refractivity contribution >= 4 is 34.8 Å². The van der Waals surface area contributed by atoms with Crippen molar-refractivity contribution in [2.24, 2.45) is 5.92 Å². The molecule has 5 heteroatoms. The molecule has 0 amide bonds. The highest BCUT2D eigenvalue weighted by molar-refractivity contribution is 6.37. The van der Waals surface area contributed by atoms with E-state index in [0.29, 0.717) is 22.0 Å². The number of anilines is 2. The molecule has 1 aromatic heterocycles. The fourth-order valence-corrected chi connectivity index (χ4v) is 2.67. The van der Waals surface area contributed by atoms with E-state index in [-0.39, 0.29) is 0 Å². The van der Waals surface area contributed by atoms with Gasteiger partial charge in [-0.15, -0.1) is 0 Å². The highest BCUT2D eigenvalue weighted by atomic mass is 35.5. The first kappa shape index (κ1) is 14.7. The summed E-state index contributed by atoms with van der Waals surface area (Å²) >= 11 is 12.5. The lowest BCUT2D eigenvalue weighted by atomic mass is 10.2. The Kier molecular flexibility index (Phi) is 4.80. The van der Waals surface area contributed by atoms with E-state index >= 15 is 0 Å². The summed E-state index contributed by atoms with van der Waals surface area (Å²) < 4.78 is 0. The van der Waals surface area contributed by atoms with Gasteiger partial charge in [-0.1, -0.05) is 37.0 Å². The Morgan fingerprint density at radius 3 is 2.58 bits per heavy atom. The van der Waals surface area contributed by atoms with Gasteiger partial charge >= 0.3 is 0 Å². The van der Waals surface area contributed by atoms with Gasteiger partial charge in [-0.3, -0.25) is 0 Å². The molecule has 19 heavy (non-hydrogen) atoms. The normalized spacial score (nSPS) is 14.8. The Bertz CT molecular complexity index is 445. The minimum absolute atomic E-state index is 0.580. The lowest BCUT2D eigenvalue weighted by Gasteiger charge is -2.27. The van der Waals surface area contributed by atoms with Gasteiger partial charge in [-0.05, 0) is 31.7 Å². The maximum atomic E-state index is 6.34. The van der Waals surface area contributed by atoms with Gasteiger partial charge in [-0.2, -0.15) is 0 Å². The molecular weight excluding hydrogens is 281 g/mol. The molecule has 0 aliphatic heterocycles. The van der Waals surface area contributed by atoms with Crippen molar-refractivity contribution in [2.75, 3.05) is 23.3 Å². The average molecular weight is 302 g/mol. The van der Waals surface area contributed by atoms with Crippen LogP contribution in [0, 0.1) is 5.92 Å². The van der Waals surface area contributed by atoms with Crippen LogP contribution in [0.1, 0.15) is 33.6 Å². The third-order valence-corrected chi connectivity index (χ3v) is 3.64. The average Bonchev–Trinajstić information content (AvgIpc) is 3.14. The van der Waals surface area contributed by atoms with E-state index < -0.39 is 0 Å². The highest BCUT2D eigenvalue weighted by Gasteiger charge is 2.32. The van der Waals surface area contributed by atoms with Crippen molar-refractivity contribution < 1.29 is 0 Å². The third-order valence-electron chi connectivity index (χ3n) is 3.08. The topological polar surface area (TPSA) is 28.2 Å². The van der Waals surface area contributed by atoms with Crippen molar-refractivity contribution in [1.82, 2.24) is 4.98 Å². The predicted octanol–water partition coefficient (Wildman–Crippen LogP) is 4.45. The molecule has 1 fully saturated rings. The molecule has 2 rings (SSSR count). The molecule has 0 aromatic carbocycles. The van der Waals surface area contributed by atoms with Gasteiger partial charge in [-0.25, -0.2) is 4.98 Å². The van der Waals surface area contributed by atoms with Crippen LogP contribution >= 0.6 is 23.2 Å². The number of rotatable bonds is 6. The summed E-state index contributed by atoms with van der Waals surface area (Å²) in [5, 5.41) is 4.40.